The number of hydrogen-bond donors (Lipinski definition) is 1. The number of aliphatic carboxylic acids is 1. The van der Waals surface area contributed by atoms with E-state index in [4.69, 9.17) is 9.84 Å². The van der Waals surface area contributed by atoms with Crippen molar-refractivity contribution in [1.82, 2.24) is 0 Å². The van der Waals surface area contributed by atoms with Crippen molar-refractivity contribution in [3.8, 4) is 5.75 Å². The zero-order valence-corrected chi connectivity index (χ0v) is 8.90. The highest BCUT2D eigenvalue weighted by Gasteiger charge is 1.98. The third kappa shape index (κ3) is 3.62. The number of hydrogen-bond acceptors (Lipinski definition) is 2. The highest BCUT2D eigenvalue weighted by Crippen LogP contribution is 2.14. The molecule has 1 rings (SSSR count). The molecule has 0 radical (unpaired) electrons. The van der Waals surface area contributed by atoms with E-state index in [-0.39, 0.29) is 6.61 Å². The molecule has 0 fully saturated rings. The lowest BCUT2D eigenvalue weighted by atomic mass is 10.2. The van der Waals surface area contributed by atoms with Crippen LogP contribution in [0.2, 0.25) is 0 Å². The zero-order chi connectivity index (χ0) is 10.4. The average molecular weight is 257 g/mol. The Balaban J connectivity index is 2.68. The van der Waals surface area contributed by atoms with Gasteiger partial charge in [0.05, 0.1) is 0 Å². The van der Waals surface area contributed by atoms with Crippen LogP contribution in [0.3, 0.4) is 0 Å². The predicted octanol–water partition coefficient (Wildman–Crippen LogP) is 2.52. The van der Waals surface area contributed by atoms with Crippen molar-refractivity contribution >= 4 is 28.0 Å². The summed E-state index contributed by atoms with van der Waals surface area (Å²) < 4.78 is 5.01. The molecule has 1 aromatic rings. The molecule has 0 aliphatic rings. The van der Waals surface area contributed by atoms with Crippen LogP contribution >= 0.6 is 15.9 Å². The van der Waals surface area contributed by atoms with Gasteiger partial charge in [-0.15, -0.1) is 0 Å². The fraction of sp³-hybridized carbons (Fsp3) is 0.100. The minimum Gasteiger partial charge on any atom is -0.482 e. The smallest absolute Gasteiger partial charge is 0.341 e. The lowest BCUT2D eigenvalue weighted by Gasteiger charge is -2.03. The van der Waals surface area contributed by atoms with E-state index in [1.54, 1.807) is 23.2 Å². The van der Waals surface area contributed by atoms with Crippen LogP contribution in [0.4, 0.5) is 0 Å². The summed E-state index contributed by atoms with van der Waals surface area (Å²) in [5.74, 6) is -0.429. The molecule has 4 heteroatoms. The van der Waals surface area contributed by atoms with Crippen LogP contribution in [-0.2, 0) is 4.79 Å². The number of carboxylic acid groups (broad SMARTS) is 1. The summed E-state index contributed by atoms with van der Waals surface area (Å²) in [5.41, 5.74) is 0.949. The van der Waals surface area contributed by atoms with Crippen molar-refractivity contribution < 1.29 is 14.6 Å². The van der Waals surface area contributed by atoms with Gasteiger partial charge in [-0.2, -0.15) is 0 Å². The second-order valence-corrected chi connectivity index (χ2v) is 3.08. The molecule has 0 saturated carbocycles. The molecule has 0 spiro atoms. The second-order valence-electron chi connectivity index (χ2n) is 2.55. The Hall–Kier alpha value is -1.29. The third-order valence-corrected chi connectivity index (χ3v) is 1.74. The minimum absolute atomic E-state index is 0.318. The predicted molar refractivity (Wildman–Crippen MR) is 57.5 cm³/mol. The molecular weight excluding hydrogens is 248 g/mol. The summed E-state index contributed by atoms with van der Waals surface area (Å²) in [6.07, 6.45) is 1.84. The Bertz CT molecular complexity index is 347. The van der Waals surface area contributed by atoms with Crippen molar-refractivity contribution in [2.75, 3.05) is 6.61 Å². The van der Waals surface area contributed by atoms with Crippen LogP contribution in [-0.4, -0.2) is 17.7 Å². The first-order chi connectivity index (χ1) is 6.72. The average Bonchev–Trinajstić information content (AvgIpc) is 2.16. The number of carbonyl (C=O) groups is 1. The molecule has 0 aliphatic heterocycles. The van der Waals surface area contributed by atoms with E-state index in [1.165, 1.54) is 0 Å². The van der Waals surface area contributed by atoms with Crippen LogP contribution in [0.25, 0.3) is 6.08 Å². The first-order valence-electron chi connectivity index (χ1n) is 3.94. The molecule has 14 heavy (non-hydrogen) atoms. The van der Waals surface area contributed by atoms with Crippen LogP contribution in [0.5, 0.6) is 5.75 Å². The normalized spacial score (nSPS) is 10.4. The topological polar surface area (TPSA) is 46.5 Å². The van der Waals surface area contributed by atoms with Crippen LogP contribution in [0.1, 0.15) is 5.56 Å². The Labute approximate surface area is 90.1 Å². The quantitative estimate of drug-likeness (QED) is 0.901. The van der Waals surface area contributed by atoms with Gasteiger partial charge in [0.2, 0.25) is 0 Å². The molecule has 3 nitrogen and oxygen atoms in total. The summed E-state index contributed by atoms with van der Waals surface area (Å²) in [6, 6.07) is 7.18. The molecule has 0 aromatic heterocycles. The molecular formula is C10H9BrO3. The first-order valence-corrected chi connectivity index (χ1v) is 4.85. The Morgan fingerprint density at radius 1 is 1.57 bits per heavy atom. The Morgan fingerprint density at radius 3 is 3.00 bits per heavy atom. The van der Waals surface area contributed by atoms with Gasteiger partial charge in [-0.1, -0.05) is 28.1 Å². The molecule has 0 bridgehead atoms. The number of ether oxygens (including phenoxy) is 1. The van der Waals surface area contributed by atoms with E-state index < -0.39 is 5.97 Å². The van der Waals surface area contributed by atoms with E-state index in [0.29, 0.717) is 5.75 Å². The maximum Gasteiger partial charge on any atom is 0.341 e. The van der Waals surface area contributed by atoms with Gasteiger partial charge in [-0.05, 0) is 28.8 Å². The van der Waals surface area contributed by atoms with Gasteiger partial charge in [-0.25, -0.2) is 4.79 Å². The molecule has 0 aliphatic carbocycles. The van der Waals surface area contributed by atoms with E-state index in [2.05, 4.69) is 15.9 Å². The molecule has 1 N–H and O–H groups in total. The standard InChI is InChI=1S/C10H9BrO3/c11-5-4-8-2-1-3-9(6-8)14-7-10(12)13/h1-6H,7H2,(H,12,13)/b5-4+. The minimum atomic E-state index is -0.980. The van der Waals surface area contributed by atoms with Gasteiger partial charge in [0.15, 0.2) is 6.61 Å². The fourth-order valence-electron chi connectivity index (χ4n) is 0.926. The van der Waals surface area contributed by atoms with Gasteiger partial charge in [-0.3, -0.25) is 0 Å². The van der Waals surface area contributed by atoms with E-state index in [0.717, 1.165) is 5.56 Å². The summed E-state index contributed by atoms with van der Waals surface area (Å²) >= 11 is 3.16. The summed E-state index contributed by atoms with van der Waals surface area (Å²) in [5, 5.41) is 8.40. The van der Waals surface area contributed by atoms with Crippen molar-refractivity contribution in [2.45, 2.75) is 0 Å². The number of benzene rings is 1. The maximum atomic E-state index is 10.2. The lowest BCUT2D eigenvalue weighted by Crippen LogP contribution is -2.09. The van der Waals surface area contributed by atoms with Crippen molar-refractivity contribution in [2.24, 2.45) is 0 Å². The van der Waals surface area contributed by atoms with Crippen LogP contribution < -0.4 is 4.74 Å². The third-order valence-electron chi connectivity index (χ3n) is 1.48. The summed E-state index contributed by atoms with van der Waals surface area (Å²) in [4.78, 5) is 12.0. The van der Waals surface area contributed by atoms with Crippen molar-refractivity contribution in [1.29, 1.82) is 0 Å². The second kappa shape index (κ2) is 5.44. The fourth-order valence-corrected chi connectivity index (χ4v) is 1.23. The van der Waals surface area contributed by atoms with Crippen LogP contribution in [0.15, 0.2) is 29.3 Å². The maximum absolute atomic E-state index is 10.2. The number of halogens is 1. The molecule has 74 valence electrons. The SMILES string of the molecule is O=C(O)COc1cccc(/C=C/Br)c1. The molecule has 1 aromatic carbocycles. The summed E-state index contributed by atoms with van der Waals surface area (Å²) in [6.45, 7) is -0.318. The highest BCUT2D eigenvalue weighted by atomic mass is 79.9. The van der Waals surface area contributed by atoms with E-state index in [9.17, 15) is 4.79 Å². The van der Waals surface area contributed by atoms with Crippen molar-refractivity contribution in [3.05, 3.63) is 34.8 Å². The zero-order valence-electron chi connectivity index (χ0n) is 7.31. The van der Waals surface area contributed by atoms with Gasteiger partial charge in [0, 0.05) is 0 Å². The summed E-state index contributed by atoms with van der Waals surface area (Å²) in [7, 11) is 0. The van der Waals surface area contributed by atoms with Gasteiger partial charge in [0.25, 0.3) is 0 Å². The molecule has 0 saturated heterocycles. The Morgan fingerprint density at radius 2 is 2.36 bits per heavy atom. The molecule has 0 atom stereocenters. The first kappa shape index (κ1) is 10.8. The molecule has 0 amide bonds. The molecule has 0 unspecified atom stereocenters. The van der Waals surface area contributed by atoms with E-state index in [1.807, 2.05) is 12.1 Å². The van der Waals surface area contributed by atoms with Gasteiger partial charge >= 0.3 is 5.97 Å². The number of rotatable bonds is 4. The monoisotopic (exact) mass is 256 g/mol. The highest BCUT2D eigenvalue weighted by molar-refractivity contribution is 9.11. The largest absolute Gasteiger partial charge is 0.482 e. The van der Waals surface area contributed by atoms with E-state index >= 15 is 0 Å². The Kier molecular flexibility index (Phi) is 4.19. The van der Waals surface area contributed by atoms with Crippen LogP contribution in [0, 0.1) is 0 Å². The lowest BCUT2D eigenvalue weighted by molar-refractivity contribution is -0.139. The van der Waals surface area contributed by atoms with Gasteiger partial charge in [0.1, 0.15) is 5.75 Å². The number of carboxylic acids is 1. The van der Waals surface area contributed by atoms with Gasteiger partial charge < -0.3 is 9.84 Å². The molecule has 0 heterocycles. The van der Waals surface area contributed by atoms with Crippen molar-refractivity contribution in [3.63, 3.8) is 0 Å².